The first-order valence-corrected chi connectivity index (χ1v) is 7.27. The summed E-state index contributed by atoms with van der Waals surface area (Å²) in [6.07, 6.45) is 5.01. The Morgan fingerprint density at radius 1 is 1.33 bits per heavy atom. The average molecular weight is 283 g/mol. The third-order valence-corrected chi connectivity index (χ3v) is 4.30. The van der Waals surface area contributed by atoms with Gasteiger partial charge in [0.05, 0.1) is 23.8 Å². The molecule has 2 aromatic heterocycles. The first-order chi connectivity index (χ1) is 10.3. The molecule has 0 spiro atoms. The van der Waals surface area contributed by atoms with Crippen LogP contribution in [-0.4, -0.2) is 38.3 Å². The number of carbonyl (C=O) groups excluding carboxylic acids is 1. The van der Waals surface area contributed by atoms with Crippen LogP contribution in [0.5, 0.6) is 0 Å². The van der Waals surface area contributed by atoms with Crippen LogP contribution < -0.4 is 5.32 Å². The van der Waals surface area contributed by atoms with E-state index in [-0.39, 0.29) is 11.9 Å². The van der Waals surface area contributed by atoms with Crippen molar-refractivity contribution in [2.24, 2.45) is 0 Å². The van der Waals surface area contributed by atoms with Gasteiger partial charge in [-0.25, -0.2) is 4.98 Å². The van der Waals surface area contributed by atoms with Crippen molar-refractivity contribution >= 4 is 5.91 Å². The summed E-state index contributed by atoms with van der Waals surface area (Å²) in [5.74, 6) is 0.165. The van der Waals surface area contributed by atoms with E-state index in [9.17, 15) is 4.79 Å². The van der Waals surface area contributed by atoms with E-state index in [2.05, 4.69) is 26.3 Å². The number of nitrogens with zero attached hydrogens (tertiary/aromatic N) is 3. The summed E-state index contributed by atoms with van der Waals surface area (Å²) in [6.45, 7) is 2.08. The predicted molar refractivity (Wildman–Crippen MR) is 76.3 cm³/mol. The van der Waals surface area contributed by atoms with E-state index >= 15 is 0 Å². The molecule has 4 heterocycles. The van der Waals surface area contributed by atoms with Crippen molar-refractivity contribution in [2.45, 2.75) is 32.0 Å². The molecule has 2 aliphatic heterocycles. The van der Waals surface area contributed by atoms with Gasteiger partial charge in [-0.05, 0) is 11.6 Å². The van der Waals surface area contributed by atoms with Crippen LogP contribution in [0.15, 0.2) is 24.7 Å². The highest BCUT2D eigenvalue weighted by molar-refractivity contribution is 5.82. The van der Waals surface area contributed by atoms with Crippen molar-refractivity contribution in [2.75, 3.05) is 6.54 Å². The van der Waals surface area contributed by atoms with Gasteiger partial charge < -0.3 is 9.88 Å². The van der Waals surface area contributed by atoms with Crippen LogP contribution in [-0.2, 0) is 30.7 Å². The van der Waals surface area contributed by atoms with Crippen LogP contribution in [0.3, 0.4) is 0 Å². The number of hydrogen-bond acceptors (Lipinski definition) is 4. The van der Waals surface area contributed by atoms with Crippen molar-refractivity contribution in [3.8, 4) is 0 Å². The van der Waals surface area contributed by atoms with Gasteiger partial charge in [-0.15, -0.1) is 0 Å². The Hall–Kier alpha value is -2.21. The van der Waals surface area contributed by atoms with Crippen molar-refractivity contribution in [1.82, 2.24) is 25.2 Å². The SMILES string of the molecule is O=C(C1Cc2nc[nH]c2CN1)N1CCc2ncccc2C1. The van der Waals surface area contributed by atoms with E-state index in [0.29, 0.717) is 19.5 Å². The van der Waals surface area contributed by atoms with E-state index < -0.39 is 0 Å². The number of fused-ring (bicyclic) bond motifs is 2. The number of amides is 1. The summed E-state index contributed by atoms with van der Waals surface area (Å²) in [5.41, 5.74) is 4.37. The van der Waals surface area contributed by atoms with Crippen LogP contribution in [0, 0.1) is 0 Å². The van der Waals surface area contributed by atoms with Gasteiger partial charge in [0.25, 0.3) is 0 Å². The molecule has 108 valence electrons. The molecular weight excluding hydrogens is 266 g/mol. The minimum Gasteiger partial charge on any atom is -0.347 e. The number of carbonyl (C=O) groups is 1. The number of aromatic amines is 1. The molecule has 1 unspecified atom stereocenters. The van der Waals surface area contributed by atoms with E-state index in [0.717, 1.165) is 35.6 Å². The molecule has 0 aromatic carbocycles. The predicted octanol–water partition coefficient (Wildman–Crippen LogP) is 0.404. The lowest BCUT2D eigenvalue weighted by molar-refractivity contribution is -0.134. The minimum absolute atomic E-state index is 0.165. The normalized spacial score (nSPS) is 20.8. The number of H-pyrrole nitrogens is 1. The Morgan fingerprint density at radius 2 is 2.29 bits per heavy atom. The van der Waals surface area contributed by atoms with Crippen LogP contribution in [0.2, 0.25) is 0 Å². The second-order valence-corrected chi connectivity index (χ2v) is 5.58. The number of aromatic nitrogens is 3. The van der Waals surface area contributed by atoms with Gasteiger partial charge in [-0.1, -0.05) is 6.07 Å². The molecule has 21 heavy (non-hydrogen) atoms. The van der Waals surface area contributed by atoms with Crippen molar-refractivity contribution in [1.29, 1.82) is 0 Å². The Morgan fingerprint density at radius 3 is 3.24 bits per heavy atom. The van der Waals surface area contributed by atoms with Crippen LogP contribution in [0.1, 0.15) is 22.6 Å². The Bertz CT molecular complexity index is 680. The average Bonchev–Trinajstić information content (AvgIpc) is 3.01. The maximum Gasteiger partial charge on any atom is 0.240 e. The van der Waals surface area contributed by atoms with Gasteiger partial charge in [0, 0.05) is 44.4 Å². The standard InChI is InChI=1S/C15H17N5O/c21-15(13-6-12-14(7-17-13)19-9-18-12)20-5-3-11-10(8-20)2-1-4-16-11/h1-2,4,9,13,17H,3,5-8H2,(H,18,19). The van der Waals surface area contributed by atoms with Crippen LogP contribution in [0.4, 0.5) is 0 Å². The molecule has 1 atom stereocenters. The maximum atomic E-state index is 12.7. The highest BCUT2D eigenvalue weighted by atomic mass is 16.2. The summed E-state index contributed by atoms with van der Waals surface area (Å²) in [5, 5.41) is 3.30. The Balaban J connectivity index is 1.49. The zero-order valence-corrected chi connectivity index (χ0v) is 11.7. The van der Waals surface area contributed by atoms with Crippen molar-refractivity contribution in [3.05, 3.63) is 47.3 Å². The molecule has 2 aliphatic rings. The summed E-state index contributed by atoms with van der Waals surface area (Å²) >= 11 is 0. The number of imidazole rings is 1. The van der Waals surface area contributed by atoms with E-state index in [4.69, 9.17) is 0 Å². The minimum atomic E-state index is -0.168. The molecule has 2 N–H and O–H groups in total. The van der Waals surface area contributed by atoms with Gasteiger partial charge in [0.15, 0.2) is 0 Å². The van der Waals surface area contributed by atoms with E-state index in [1.54, 1.807) is 6.33 Å². The van der Waals surface area contributed by atoms with Gasteiger partial charge in [0.2, 0.25) is 5.91 Å². The van der Waals surface area contributed by atoms with E-state index in [1.165, 1.54) is 0 Å². The fourth-order valence-corrected chi connectivity index (χ4v) is 3.12. The third-order valence-electron chi connectivity index (χ3n) is 4.30. The lowest BCUT2D eigenvalue weighted by atomic mass is 10.0. The fraction of sp³-hybridized carbons (Fsp3) is 0.400. The summed E-state index contributed by atoms with van der Waals surface area (Å²) in [4.78, 5) is 26.4. The first-order valence-electron chi connectivity index (χ1n) is 7.27. The van der Waals surface area contributed by atoms with Gasteiger partial charge in [-0.2, -0.15) is 0 Å². The molecule has 1 amide bonds. The number of rotatable bonds is 1. The lowest BCUT2D eigenvalue weighted by Gasteiger charge is -2.32. The molecule has 0 fully saturated rings. The molecule has 0 aliphatic carbocycles. The number of nitrogens with one attached hydrogen (secondary N) is 2. The van der Waals surface area contributed by atoms with Crippen molar-refractivity contribution < 1.29 is 4.79 Å². The zero-order valence-electron chi connectivity index (χ0n) is 11.7. The quantitative estimate of drug-likeness (QED) is 0.795. The summed E-state index contributed by atoms with van der Waals surface area (Å²) in [7, 11) is 0. The lowest BCUT2D eigenvalue weighted by Crippen LogP contribution is -2.50. The Labute approximate surface area is 122 Å². The second-order valence-electron chi connectivity index (χ2n) is 5.58. The molecule has 2 aromatic rings. The van der Waals surface area contributed by atoms with Crippen LogP contribution >= 0.6 is 0 Å². The first kappa shape index (κ1) is 12.5. The highest BCUT2D eigenvalue weighted by Crippen LogP contribution is 2.19. The monoisotopic (exact) mass is 283 g/mol. The molecule has 4 rings (SSSR count). The Kier molecular flexibility index (Phi) is 2.96. The zero-order chi connectivity index (χ0) is 14.2. The van der Waals surface area contributed by atoms with Gasteiger partial charge >= 0.3 is 0 Å². The third kappa shape index (κ3) is 2.21. The second kappa shape index (κ2) is 4.96. The van der Waals surface area contributed by atoms with E-state index in [1.807, 2.05) is 17.2 Å². The summed E-state index contributed by atoms with van der Waals surface area (Å²) in [6, 6.07) is 3.82. The molecular formula is C15H17N5O. The molecule has 0 bridgehead atoms. The summed E-state index contributed by atoms with van der Waals surface area (Å²) < 4.78 is 0. The van der Waals surface area contributed by atoms with Crippen molar-refractivity contribution in [3.63, 3.8) is 0 Å². The molecule has 6 heteroatoms. The smallest absolute Gasteiger partial charge is 0.240 e. The maximum absolute atomic E-state index is 12.7. The number of hydrogen-bond donors (Lipinski definition) is 2. The molecule has 0 saturated carbocycles. The fourth-order valence-electron chi connectivity index (χ4n) is 3.12. The van der Waals surface area contributed by atoms with Crippen LogP contribution in [0.25, 0.3) is 0 Å². The van der Waals surface area contributed by atoms with Gasteiger partial charge in [-0.3, -0.25) is 15.1 Å². The topological polar surface area (TPSA) is 73.9 Å². The molecule has 0 radical (unpaired) electrons. The highest BCUT2D eigenvalue weighted by Gasteiger charge is 2.31. The molecule has 6 nitrogen and oxygen atoms in total. The van der Waals surface area contributed by atoms with Gasteiger partial charge in [0.1, 0.15) is 0 Å². The molecule has 0 saturated heterocycles. The largest absolute Gasteiger partial charge is 0.347 e. The number of pyridine rings is 1.